The van der Waals surface area contributed by atoms with E-state index in [1.165, 1.54) is 11.3 Å². The molecule has 0 spiro atoms. The molecule has 202 valence electrons. The average Bonchev–Trinajstić information content (AvgIpc) is 3.66. The topological polar surface area (TPSA) is 133 Å². The number of H-pyrrole nitrogens is 1. The predicted molar refractivity (Wildman–Crippen MR) is 153 cm³/mol. The number of thiazole rings is 1. The van der Waals surface area contributed by atoms with Crippen molar-refractivity contribution in [3.63, 3.8) is 0 Å². The van der Waals surface area contributed by atoms with E-state index in [9.17, 15) is 9.90 Å². The predicted octanol–water partition coefficient (Wildman–Crippen LogP) is 4.71. The summed E-state index contributed by atoms with van der Waals surface area (Å²) in [6, 6.07) is 13.3. The van der Waals surface area contributed by atoms with Crippen LogP contribution in [0.1, 0.15) is 44.9 Å². The van der Waals surface area contributed by atoms with Crippen molar-refractivity contribution in [2.24, 2.45) is 0 Å². The van der Waals surface area contributed by atoms with E-state index in [1.807, 2.05) is 43.3 Å². The van der Waals surface area contributed by atoms with Crippen LogP contribution in [0.4, 0.5) is 11.6 Å². The van der Waals surface area contributed by atoms with Crippen molar-refractivity contribution in [2.75, 3.05) is 19.4 Å². The number of nitrogens with one attached hydrogen (secondary N) is 2. The van der Waals surface area contributed by atoms with Crippen LogP contribution in [0.5, 0.6) is 0 Å². The second kappa shape index (κ2) is 10.2. The highest BCUT2D eigenvalue weighted by Gasteiger charge is 2.39. The number of carbonyl (C=O) groups is 1. The number of aliphatic hydroxyl groups is 1. The van der Waals surface area contributed by atoms with Gasteiger partial charge in [-0.05, 0) is 79.3 Å². The molecule has 1 aliphatic carbocycles. The molecule has 11 heteroatoms. The van der Waals surface area contributed by atoms with Gasteiger partial charge in [-0.3, -0.25) is 9.89 Å². The Hall–Kier alpha value is -4.48. The van der Waals surface area contributed by atoms with Crippen molar-refractivity contribution in [3.8, 4) is 21.8 Å². The minimum Gasteiger partial charge on any atom is -0.378 e. The van der Waals surface area contributed by atoms with Gasteiger partial charge in [0.2, 0.25) is 0 Å². The van der Waals surface area contributed by atoms with Gasteiger partial charge in [0.1, 0.15) is 27.9 Å². The summed E-state index contributed by atoms with van der Waals surface area (Å²) in [7, 11) is 3.48. The summed E-state index contributed by atoms with van der Waals surface area (Å²) in [5.74, 6) is 1.23. The molecule has 4 aromatic heterocycles. The van der Waals surface area contributed by atoms with Gasteiger partial charge in [0.05, 0.1) is 10.6 Å². The van der Waals surface area contributed by atoms with Crippen molar-refractivity contribution in [1.82, 2.24) is 35.3 Å². The van der Waals surface area contributed by atoms with E-state index >= 15 is 0 Å². The van der Waals surface area contributed by atoms with Crippen LogP contribution in [0.25, 0.3) is 21.8 Å². The van der Waals surface area contributed by atoms with Crippen molar-refractivity contribution in [1.29, 1.82) is 0 Å². The number of aromatic amines is 1. The Kier molecular flexibility index (Phi) is 6.60. The molecule has 6 rings (SSSR count). The van der Waals surface area contributed by atoms with E-state index in [1.54, 1.807) is 43.7 Å². The van der Waals surface area contributed by atoms with Crippen LogP contribution in [0.15, 0.2) is 61.1 Å². The van der Waals surface area contributed by atoms with E-state index in [-0.39, 0.29) is 5.91 Å². The molecule has 0 radical (unpaired) electrons. The Labute approximate surface area is 235 Å². The van der Waals surface area contributed by atoms with E-state index in [2.05, 4.69) is 30.7 Å². The monoisotopic (exact) mass is 552 g/mol. The van der Waals surface area contributed by atoms with E-state index in [0.29, 0.717) is 28.6 Å². The van der Waals surface area contributed by atoms with Crippen molar-refractivity contribution < 1.29 is 9.90 Å². The zero-order valence-corrected chi connectivity index (χ0v) is 23.2. The number of pyridine rings is 2. The number of carbonyl (C=O) groups excluding carboxylic acids is 1. The number of fused-ring (bicyclic) bond motifs is 1. The molecular weight excluding hydrogens is 524 g/mol. The number of amides is 1. The average molecular weight is 553 g/mol. The summed E-state index contributed by atoms with van der Waals surface area (Å²) < 4.78 is 0. The number of nitrogens with zero attached hydrogens (tertiary/aromatic N) is 6. The summed E-state index contributed by atoms with van der Waals surface area (Å²) >= 11 is 1.43. The first-order valence-corrected chi connectivity index (χ1v) is 13.7. The number of rotatable bonds is 6. The summed E-state index contributed by atoms with van der Waals surface area (Å²) in [6.45, 7) is 2.01. The van der Waals surface area contributed by atoms with Gasteiger partial charge in [0.25, 0.3) is 5.91 Å². The minimum absolute atomic E-state index is 0.0524. The maximum absolute atomic E-state index is 12.5. The molecule has 0 bridgehead atoms. The summed E-state index contributed by atoms with van der Waals surface area (Å²) in [5, 5.41) is 26.4. The number of benzene rings is 1. The van der Waals surface area contributed by atoms with Gasteiger partial charge < -0.3 is 15.3 Å². The molecule has 3 N–H and O–H groups in total. The summed E-state index contributed by atoms with van der Waals surface area (Å²) in [6.07, 6.45) is 7.38. The Morgan fingerprint density at radius 3 is 2.77 bits per heavy atom. The molecule has 1 aromatic carbocycles. The van der Waals surface area contributed by atoms with Crippen LogP contribution in [0.3, 0.4) is 0 Å². The molecule has 0 unspecified atom stereocenters. The molecular formula is C29H28N8O2S. The molecule has 1 atom stereocenters. The van der Waals surface area contributed by atoms with Gasteiger partial charge in [-0.15, -0.1) is 16.4 Å². The molecule has 1 aliphatic rings. The lowest BCUT2D eigenvalue weighted by Gasteiger charge is -2.33. The van der Waals surface area contributed by atoms with Gasteiger partial charge in [0.15, 0.2) is 0 Å². The Morgan fingerprint density at radius 2 is 1.98 bits per heavy atom. The molecule has 0 saturated heterocycles. The third-order valence-electron chi connectivity index (χ3n) is 7.00. The second-order valence-electron chi connectivity index (χ2n) is 10.1. The number of aryl methyl sites for hydroxylation is 2. The minimum atomic E-state index is -1.22. The van der Waals surface area contributed by atoms with Crippen LogP contribution in [-0.2, 0) is 12.0 Å². The number of hydrogen-bond acceptors (Lipinski definition) is 9. The first-order chi connectivity index (χ1) is 19.3. The van der Waals surface area contributed by atoms with Crippen LogP contribution in [0, 0.1) is 6.92 Å². The van der Waals surface area contributed by atoms with Crippen LogP contribution in [-0.4, -0.2) is 60.4 Å². The first kappa shape index (κ1) is 25.8. The van der Waals surface area contributed by atoms with Crippen LogP contribution in [0.2, 0.25) is 0 Å². The second-order valence-corrected chi connectivity index (χ2v) is 11.2. The Morgan fingerprint density at radius 1 is 1.10 bits per heavy atom. The molecule has 4 heterocycles. The standard InChI is InChI=1S/C29H28N8O2S/c1-17-11-22(33-26(12-17)34-25-14-19(8-10-30-25)23-15-32-36-35-23)24-16-31-28(40-24)29(39)9-4-5-18-13-20(6-7-21(18)29)27(38)37(2)3/h6-8,10-16,39H,4-5,9H2,1-3H3,(H,30,33,34)(H,32,35,36)/t29-/m1/s1. The number of hydrogen-bond donors (Lipinski definition) is 3. The van der Waals surface area contributed by atoms with E-state index in [0.717, 1.165) is 51.4 Å². The zero-order chi connectivity index (χ0) is 27.9. The smallest absolute Gasteiger partial charge is 0.253 e. The highest BCUT2D eigenvalue weighted by molar-refractivity contribution is 7.15. The first-order valence-electron chi connectivity index (χ1n) is 12.9. The van der Waals surface area contributed by atoms with Crippen LogP contribution >= 0.6 is 11.3 Å². The van der Waals surface area contributed by atoms with Gasteiger partial charge in [-0.2, -0.15) is 0 Å². The van der Waals surface area contributed by atoms with E-state index < -0.39 is 5.60 Å². The van der Waals surface area contributed by atoms with Gasteiger partial charge in [-0.25, -0.2) is 15.0 Å². The molecule has 0 aliphatic heterocycles. The largest absolute Gasteiger partial charge is 0.378 e. The zero-order valence-electron chi connectivity index (χ0n) is 22.3. The molecule has 0 saturated carbocycles. The third kappa shape index (κ3) is 4.85. The van der Waals surface area contributed by atoms with Gasteiger partial charge in [-0.1, -0.05) is 11.3 Å². The quantitative estimate of drug-likeness (QED) is 0.276. The molecule has 40 heavy (non-hydrogen) atoms. The van der Waals surface area contributed by atoms with Gasteiger partial charge in [0, 0.05) is 43.8 Å². The summed E-state index contributed by atoms with van der Waals surface area (Å²) in [4.78, 5) is 28.8. The number of aromatic nitrogens is 6. The highest BCUT2D eigenvalue weighted by atomic mass is 32.1. The molecule has 0 fully saturated rings. The fraction of sp³-hybridized carbons (Fsp3) is 0.241. The maximum atomic E-state index is 12.5. The molecule has 10 nitrogen and oxygen atoms in total. The fourth-order valence-corrected chi connectivity index (χ4v) is 6.07. The Balaban J connectivity index is 1.29. The lowest BCUT2D eigenvalue weighted by atomic mass is 9.79. The van der Waals surface area contributed by atoms with E-state index in [4.69, 9.17) is 4.98 Å². The molecule has 5 aromatic rings. The van der Waals surface area contributed by atoms with Crippen molar-refractivity contribution in [3.05, 3.63) is 88.3 Å². The lowest BCUT2D eigenvalue weighted by molar-refractivity contribution is 0.0611. The normalized spacial score (nSPS) is 16.4. The van der Waals surface area contributed by atoms with Crippen LogP contribution < -0.4 is 5.32 Å². The molecule has 1 amide bonds. The maximum Gasteiger partial charge on any atom is 0.253 e. The lowest BCUT2D eigenvalue weighted by Crippen LogP contribution is -2.32. The summed E-state index contributed by atoms with van der Waals surface area (Å²) in [5.41, 5.74) is 4.59. The third-order valence-corrected chi connectivity index (χ3v) is 8.17. The van der Waals surface area contributed by atoms with Crippen molar-refractivity contribution in [2.45, 2.75) is 31.8 Å². The highest BCUT2D eigenvalue weighted by Crippen LogP contribution is 2.43. The Bertz CT molecular complexity index is 1700. The van der Waals surface area contributed by atoms with Crippen molar-refractivity contribution >= 4 is 28.9 Å². The SMILES string of the molecule is Cc1cc(Nc2cc(-c3c[nH]nn3)ccn2)nc(-c2cnc([C@@]3(O)CCCc4cc(C(=O)N(C)C)ccc43)s2)c1. The van der Waals surface area contributed by atoms with Gasteiger partial charge >= 0.3 is 0 Å². The fourth-order valence-electron chi connectivity index (χ4n) is 5.06. The number of anilines is 2.